The van der Waals surface area contributed by atoms with Crippen LogP contribution in [0.4, 0.5) is 22.0 Å². The Morgan fingerprint density at radius 2 is 2.00 bits per heavy atom. The second-order valence-corrected chi connectivity index (χ2v) is 10.2. The molecule has 2 atom stereocenters. The van der Waals surface area contributed by atoms with Crippen LogP contribution in [0.3, 0.4) is 0 Å². The van der Waals surface area contributed by atoms with Crippen molar-refractivity contribution in [2.75, 3.05) is 10.6 Å². The van der Waals surface area contributed by atoms with Gasteiger partial charge < -0.3 is 21.5 Å². The Morgan fingerprint density at radius 1 is 1.22 bits per heavy atom. The zero-order valence-corrected chi connectivity index (χ0v) is 20.9. The van der Waals surface area contributed by atoms with Gasteiger partial charge in [-0.1, -0.05) is 11.6 Å². The normalized spacial score (nSPS) is 23.9. The van der Waals surface area contributed by atoms with Gasteiger partial charge in [0, 0.05) is 18.0 Å². The van der Waals surface area contributed by atoms with Crippen LogP contribution in [0.1, 0.15) is 63.0 Å². The molecule has 0 spiro atoms. The van der Waals surface area contributed by atoms with E-state index < -0.39 is 5.82 Å². The number of primary amides is 1. The largest absolute Gasteiger partial charge is 0.393 e. The summed E-state index contributed by atoms with van der Waals surface area (Å²) in [5, 5.41) is 25.5. The Kier molecular flexibility index (Phi) is 7.13. The number of amides is 1. The summed E-state index contributed by atoms with van der Waals surface area (Å²) in [7, 11) is 0. The maximum Gasteiger partial charge on any atom is 0.224 e. The molecule has 12 heteroatoms. The van der Waals surface area contributed by atoms with Crippen molar-refractivity contribution in [2.24, 2.45) is 11.7 Å². The van der Waals surface area contributed by atoms with Crippen LogP contribution in [-0.2, 0) is 4.79 Å². The predicted octanol–water partition coefficient (Wildman–Crippen LogP) is 4.17. The molecule has 2 aromatic heterocycles. The number of nitriles is 1. The van der Waals surface area contributed by atoms with Gasteiger partial charge in [-0.3, -0.25) is 9.36 Å². The van der Waals surface area contributed by atoms with E-state index in [0.717, 1.165) is 25.3 Å². The van der Waals surface area contributed by atoms with Gasteiger partial charge in [0.2, 0.25) is 17.8 Å². The summed E-state index contributed by atoms with van der Waals surface area (Å²) in [5.74, 6) is -0.403. The molecule has 2 saturated carbocycles. The average Bonchev–Trinajstić information content (AvgIpc) is 3.23. The number of aliphatic hydroxyl groups is 1. The monoisotopic (exact) mass is 526 g/mol. The second-order valence-electron chi connectivity index (χ2n) is 9.83. The molecule has 3 aromatic rings. The number of nitrogens with two attached hydrogens (primary N) is 1. The van der Waals surface area contributed by atoms with E-state index in [4.69, 9.17) is 27.6 Å². The first-order chi connectivity index (χ1) is 17.8. The molecule has 0 saturated heterocycles. The predicted molar refractivity (Wildman–Crippen MR) is 137 cm³/mol. The van der Waals surface area contributed by atoms with Gasteiger partial charge in [-0.2, -0.15) is 10.2 Å². The van der Waals surface area contributed by atoms with Crippen LogP contribution in [0.2, 0.25) is 5.02 Å². The molecule has 2 fully saturated rings. The fourth-order valence-corrected chi connectivity index (χ4v) is 5.61. The number of nitrogens with one attached hydrogen (secondary N) is 2. The molecule has 5 rings (SSSR count). The van der Waals surface area contributed by atoms with E-state index in [1.807, 2.05) is 10.6 Å². The van der Waals surface area contributed by atoms with Crippen molar-refractivity contribution in [1.82, 2.24) is 19.5 Å². The van der Waals surface area contributed by atoms with Gasteiger partial charge in [0.15, 0.2) is 5.65 Å². The number of carbonyl (C=O) groups is 1. The molecule has 1 aromatic carbocycles. The van der Waals surface area contributed by atoms with Gasteiger partial charge in [0.1, 0.15) is 11.3 Å². The molecule has 0 bridgehead atoms. The summed E-state index contributed by atoms with van der Waals surface area (Å²) in [4.78, 5) is 25.5. The number of rotatable bonds is 6. The second kappa shape index (κ2) is 10.5. The molecule has 0 aliphatic heterocycles. The van der Waals surface area contributed by atoms with Gasteiger partial charge in [0.05, 0.1) is 34.6 Å². The third-order valence-electron chi connectivity index (χ3n) is 7.28. The lowest BCUT2D eigenvalue weighted by Crippen LogP contribution is -2.30. The number of fused-ring (bicyclic) bond motifs is 1. The Bertz CT molecular complexity index is 1340. The summed E-state index contributed by atoms with van der Waals surface area (Å²) in [5.41, 5.74) is 6.72. The molecule has 5 N–H and O–H groups in total. The first-order valence-corrected chi connectivity index (χ1v) is 12.8. The van der Waals surface area contributed by atoms with Gasteiger partial charge in [-0.15, -0.1) is 0 Å². The lowest BCUT2D eigenvalue weighted by molar-refractivity contribution is -0.122. The highest BCUT2D eigenvalue weighted by Gasteiger charge is 2.30. The Labute approximate surface area is 218 Å². The number of hydrogen-bond donors (Lipinski definition) is 4. The minimum atomic E-state index is -0.676. The Morgan fingerprint density at radius 3 is 2.68 bits per heavy atom. The summed E-state index contributed by atoms with van der Waals surface area (Å²) >= 11 is 6.30. The standard InChI is InChI=1S/C25H28ClFN8O2/c26-18-8-13(11-28)9-19(27)21(18)33-25-32-20-12-30-24(31-15-2-1-3-17(36)10-15)34-23(20)35(25)16-6-4-14(5-7-16)22(29)37/h8-9,12,14-17,36H,1-7,10H2,(H2,29,37)(H,32,33)(H,30,31,34)/t14-,15-,16+,17?/m1/s1. The van der Waals surface area contributed by atoms with E-state index in [1.54, 1.807) is 6.20 Å². The number of carbonyl (C=O) groups excluding carboxylic acids is 1. The highest BCUT2D eigenvalue weighted by atomic mass is 35.5. The topological polar surface area (TPSA) is 155 Å². The zero-order valence-electron chi connectivity index (χ0n) is 20.1. The molecule has 2 aliphatic carbocycles. The SMILES string of the molecule is N#Cc1cc(F)c(Nc2nc3cnc(N[C@@H]4CCCC(O)C4)nc3n2[C@H]2CC[C@@H](C(N)=O)CC2)c(Cl)c1. The number of hydrogen-bond acceptors (Lipinski definition) is 8. The number of imidazole rings is 1. The summed E-state index contributed by atoms with van der Waals surface area (Å²) in [6.45, 7) is 0. The van der Waals surface area contributed by atoms with Crippen LogP contribution >= 0.6 is 11.6 Å². The minimum Gasteiger partial charge on any atom is -0.393 e. The van der Waals surface area contributed by atoms with Gasteiger partial charge in [0.25, 0.3) is 0 Å². The molecule has 194 valence electrons. The number of benzene rings is 1. The first kappa shape index (κ1) is 25.2. The highest BCUT2D eigenvalue weighted by Crippen LogP contribution is 2.38. The molecule has 1 amide bonds. The van der Waals surface area contributed by atoms with E-state index in [1.165, 1.54) is 6.07 Å². The zero-order chi connectivity index (χ0) is 26.1. The van der Waals surface area contributed by atoms with Crippen molar-refractivity contribution in [3.05, 3.63) is 34.7 Å². The molecule has 37 heavy (non-hydrogen) atoms. The van der Waals surface area contributed by atoms with E-state index in [0.29, 0.717) is 55.2 Å². The minimum absolute atomic E-state index is 0.00513. The third kappa shape index (κ3) is 5.31. The molecular weight excluding hydrogens is 499 g/mol. The van der Waals surface area contributed by atoms with Crippen LogP contribution in [0.25, 0.3) is 11.2 Å². The van der Waals surface area contributed by atoms with E-state index >= 15 is 0 Å². The highest BCUT2D eigenvalue weighted by molar-refractivity contribution is 6.33. The third-order valence-corrected chi connectivity index (χ3v) is 7.58. The maximum absolute atomic E-state index is 14.9. The molecule has 10 nitrogen and oxygen atoms in total. The van der Waals surface area contributed by atoms with Crippen molar-refractivity contribution in [3.63, 3.8) is 0 Å². The van der Waals surface area contributed by atoms with Crippen LogP contribution in [-0.4, -0.2) is 42.7 Å². The van der Waals surface area contributed by atoms with E-state index in [2.05, 4.69) is 20.6 Å². The molecule has 2 aliphatic rings. The fourth-order valence-electron chi connectivity index (χ4n) is 5.36. The Hall–Kier alpha value is -3.49. The molecular formula is C25H28ClFN8O2. The number of aromatic nitrogens is 4. The fraction of sp³-hybridized carbons (Fsp3) is 0.480. The first-order valence-electron chi connectivity index (χ1n) is 12.5. The van der Waals surface area contributed by atoms with Gasteiger partial charge in [-0.25, -0.2) is 14.4 Å². The molecule has 0 radical (unpaired) electrons. The van der Waals surface area contributed by atoms with Crippen LogP contribution in [0, 0.1) is 23.1 Å². The van der Waals surface area contributed by atoms with Crippen LogP contribution in [0.15, 0.2) is 18.3 Å². The molecule has 2 heterocycles. The summed E-state index contributed by atoms with van der Waals surface area (Å²) in [6, 6.07) is 4.38. The van der Waals surface area contributed by atoms with Crippen LogP contribution in [0.5, 0.6) is 0 Å². The number of aliphatic hydroxyl groups excluding tert-OH is 1. The van der Waals surface area contributed by atoms with Crippen LogP contribution < -0.4 is 16.4 Å². The lowest BCUT2D eigenvalue weighted by atomic mass is 9.85. The maximum atomic E-state index is 14.9. The summed E-state index contributed by atoms with van der Waals surface area (Å²) < 4.78 is 16.8. The van der Waals surface area contributed by atoms with Gasteiger partial charge >= 0.3 is 0 Å². The van der Waals surface area contributed by atoms with E-state index in [-0.39, 0.29) is 46.3 Å². The van der Waals surface area contributed by atoms with Crippen molar-refractivity contribution in [2.45, 2.75) is 69.6 Å². The number of nitrogens with zero attached hydrogens (tertiary/aromatic N) is 5. The van der Waals surface area contributed by atoms with Gasteiger partial charge in [-0.05, 0) is 63.5 Å². The lowest BCUT2D eigenvalue weighted by Gasteiger charge is -2.29. The molecule has 1 unspecified atom stereocenters. The van der Waals surface area contributed by atoms with Crippen molar-refractivity contribution >= 4 is 46.3 Å². The quantitative estimate of drug-likeness (QED) is 0.373. The Balaban J connectivity index is 1.52. The smallest absolute Gasteiger partial charge is 0.224 e. The average molecular weight is 527 g/mol. The van der Waals surface area contributed by atoms with E-state index in [9.17, 15) is 14.3 Å². The van der Waals surface area contributed by atoms with Crippen molar-refractivity contribution < 1.29 is 14.3 Å². The van der Waals surface area contributed by atoms with Crippen molar-refractivity contribution in [1.29, 1.82) is 5.26 Å². The number of halogens is 2. The number of anilines is 3. The van der Waals surface area contributed by atoms with Crippen molar-refractivity contribution in [3.8, 4) is 6.07 Å². The summed E-state index contributed by atoms with van der Waals surface area (Å²) in [6.07, 6.45) is 7.11.